The van der Waals surface area contributed by atoms with Crippen LogP contribution in [-0.2, 0) is 6.42 Å². The molecule has 1 fully saturated rings. The Morgan fingerprint density at radius 2 is 1.74 bits per heavy atom. The second kappa shape index (κ2) is 9.04. The lowest BCUT2D eigenvalue weighted by atomic mass is 9.92. The summed E-state index contributed by atoms with van der Waals surface area (Å²) in [5.41, 5.74) is 3.10. The van der Waals surface area contributed by atoms with E-state index in [9.17, 15) is 0 Å². The molecule has 0 spiro atoms. The molecule has 0 amide bonds. The highest BCUT2D eigenvalue weighted by Gasteiger charge is 2.25. The van der Waals surface area contributed by atoms with Crippen LogP contribution in [0.1, 0.15) is 42.1 Å². The maximum Gasteiger partial charge on any atom is 0.258 e. The van der Waals surface area contributed by atoms with Crippen molar-refractivity contribution >= 4 is 5.82 Å². The summed E-state index contributed by atoms with van der Waals surface area (Å²) >= 11 is 0. The minimum atomic E-state index is -0.0826. The Morgan fingerprint density at radius 3 is 2.55 bits per heavy atom. The van der Waals surface area contributed by atoms with E-state index in [-0.39, 0.29) is 5.92 Å². The van der Waals surface area contributed by atoms with Gasteiger partial charge in [0.05, 0.1) is 5.92 Å². The minimum absolute atomic E-state index is 0.0826. The maximum atomic E-state index is 5.60. The van der Waals surface area contributed by atoms with Gasteiger partial charge in [-0.15, -0.1) is 0 Å². The third-order valence-corrected chi connectivity index (χ3v) is 5.71. The SMILES string of the molecule is c1cncc(C(Cc2cccnc2N2CCCCC2)c2noc(-c3ccncc3)n2)c1. The molecule has 7 nitrogen and oxygen atoms in total. The monoisotopic (exact) mass is 412 g/mol. The average molecular weight is 412 g/mol. The normalized spacial score (nSPS) is 15.0. The third-order valence-electron chi connectivity index (χ3n) is 5.71. The zero-order valence-electron chi connectivity index (χ0n) is 17.3. The van der Waals surface area contributed by atoms with Gasteiger partial charge < -0.3 is 9.42 Å². The van der Waals surface area contributed by atoms with Gasteiger partial charge in [-0.05, 0) is 61.1 Å². The van der Waals surface area contributed by atoms with E-state index in [1.165, 1.54) is 24.8 Å². The molecular weight excluding hydrogens is 388 g/mol. The van der Waals surface area contributed by atoms with Crippen molar-refractivity contribution in [3.63, 3.8) is 0 Å². The molecule has 5 heterocycles. The predicted octanol–water partition coefficient (Wildman–Crippen LogP) is 4.29. The number of rotatable bonds is 6. The summed E-state index contributed by atoms with van der Waals surface area (Å²) in [6, 6.07) is 11.9. The van der Waals surface area contributed by atoms with E-state index in [0.717, 1.165) is 36.5 Å². The van der Waals surface area contributed by atoms with Gasteiger partial charge >= 0.3 is 0 Å². The van der Waals surface area contributed by atoms with Gasteiger partial charge in [0.2, 0.25) is 0 Å². The Balaban J connectivity index is 1.50. The number of piperidine rings is 1. The molecule has 4 aromatic rings. The van der Waals surface area contributed by atoms with Crippen molar-refractivity contribution in [3.8, 4) is 11.5 Å². The van der Waals surface area contributed by atoms with Crippen molar-refractivity contribution in [2.75, 3.05) is 18.0 Å². The number of nitrogens with zero attached hydrogens (tertiary/aromatic N) is 6. The number of hydrogen-bond acceptors (Lipinski definition) is 7. The summed E-state index contributed by atoms with van der Waals surface area (Å²) in [6.07, 6.45) is 13.4. The molecule has 4 aromatic heterocycles. The third kappa shape index (κ3) is 4.30. The van der Waals surface area contributed by atoms with Crippen LogP contribution in [0, 0.1) is 0 Å². The smallest absolute Gasteiger partial charge is 0.258 e. The van der Waals surface area contributed by atoms with E-state index in [4.69, 9.17) is 14.5 Å². The van der Waals surface area contributed by atoms with Crippen molar-refractivity contribution < 1.29 is 4.52 Å². The first-order valence-electron chi connectivity index (χ1n) is 10.7. The maximum absolute atomic E-state index is 5.60. The summed E-state index contributed by atoms with van der Waals surface area (Å²) in [7, 11) is 0. The molecule has 1 aliphatic rings. The molecule has 0 radical (unpaired) electrons. The molecule has 1 saturated heterocycles. The molecular formula is C24H24N6O. The number of anilines is 1. The molecule has 31 heavy (non-hydrogen) atoms. The second-order valence-electron chi connectivity index (χ2n) is 7.77. The van der Waals surface area contributed by atoms with Crippen LogP contribution in [0.25, 0.3) is 11.5 Å². The lowest BCUT2D eigenvalue weighted by molar-refractivity contribution is 0.419. The van der Waals surface area contributed by atoms with Crippen LogP contribution in [0.5, 0.6) is 0 Å². The highest BCUT2D eigenvalue weighted by molar-refractivity contribution is 5.52. The van der Waals surface area contributed by atoms with Crippen LogP contribution in [0.4, 0.5) is 5.82 Å². The molecule has 5 rings (SSSR count). The van der Waals surface area contributed by atoms with Crippen LogP contribution in [0.2, 0.25) is 0 Å². The highest BCUT2D eigenvalue weighted by Crippen LogP contribution is 2.31. The Hall–Kier alpha value is -3.61. The van der Waals surface area contributed by atoms with Gasteiger partial charge in [-0.2, -0.15) is 4.98 Å². The van der Waals surface area contributed by atoms with Crippen molar-refractivity contribution in [1.82, 2.24) is 25.1 Å². The number of hydrogen-bond donors (Lipinski definition) is 0. The number of aromatic nitrogens is 5. The summed E-state index contributed by atoms with van der Waals surface area (Å²) in [5.74, 6) is 2.12. The van der Waals surface area contributed by atoms with Crippen molar-refractivity contribution in [3.05, 3.63) is 84.3 Å². The summed E-state index contributed by atoms with van der Waals surface area (Å²) in [5, 5.41) is 4.34. The average Bonchev–Trinajstić information content (AvgIpc) is 3.34. The fourth-order valence-electron chi connectivity index (χ4n) is 4.13. The van der Waals surface area contributed by atoms with Crippen molar-refractivity contribution in [2.24, 2.45) is 0 Å². The zero-order chi connectivity index (χ0) is 20.9. The molecule has 0 aromatic carbocycles. The van der Waals surface area contributed by atoms with Gasteiger partial charge in [0, 0.05) is 49.6 Å². The van der Waals surface area contributed by atoms with Gasteiger partial charge in [0.1, 0.15) is 5.82 Å². The van der Waals surface area contributed by atoms with Crippen LogP contribution >= 0.6 is 0 Å². The van der Waals surface area contributed by atoms with Crippen LogP contribution in [-0.4, -0.2) is 38.2 Å². The van der Waals surface area contributed by atoms with E-state index in [0.29, 0.717) is 11.7 Å². The molecule has 7 heteroatoms. The molecule has 0 N–H and O–H groups in total. The lowest BCUT2D eigenvalue weighted by Crippen LogP contribution is -2.31. The van der Waals surface area contributed by atoms with E-state index in [1.54, 1.807) is 18.6 Å². The van der Waals surface area contributed by atoms with Crippen molar-refractivity contribution in [2.45, 2.75) is 31.6 Å². The van der Waals surface area contributed by atoms with E-state index in [2.05, 4.69) is 32.2 Å². The van der Waals surface area contributed by atoms with Gasteiger partial charge in [0.25, 0.3) is 5.89 Å². The fraction of sp³-hybridized carbons (Fsp3) is 0.292. The van der Waals surface area contributed by atoms with Gasteiger partial charge in [0.15, 0.2) is 5.82 Å². The zero-order valence-corrected chi connectivity index (χ0v) is 17.3. The Labute approximate surface area is 181 Å². The molecule has 0 saturated carbocycles. The first-order valence-corrected chi connectivity index (χ1v) is 10.7. The largest absolute Gasteiger partial charge is 0.356 e. The molecule has 1 unspecified atom stereocenters. The molecule has 1 aliphatic heterocycles. The molecule has 0 aliphatic carbocycles. The first-order chi connectivity index (χ1) is 15.4. The van der Waals surface area contributed by atoms with Crippen LogP contribution in [0.3, 0.4) is 0 Å². The van der Waals surface area contributed by atoms with Gasteiger partial charge in [-0.25, -0.2) is 4.98 Å². The summed E-state index contributed by atoms with van der Waals surface area (Å²) in [6.45, 7) is 2.10. The quantitative estimate of drug-likeness (QED) is 0.467. The van der Waals surface area contributed by atoms with E-state index in [1.807, 2.05) is 36.7 Å². The topological polar surface area (TPSA) is 80.8 Å². The molecule has 0 bridgehead atoms. The number of pyridine rings is 3. The lowest BCUT2D eigenvalue weighted by Gasteiger charge is -2.30. The first kappa shape index (κ1) is 19.4. The van der Waals surface area contributed by atoms with Gasteiger partial charge in [-0.3, -0.25) is 9.97 Å². The Bertz CT molecular complexity index is 1110. The summed E-state index contributed by atoms with van der Waals surface area (Å²) in [4.78, 5) is 20.3. The van der Waals surface area contributed by atoms with E-state index < -0.39 is 0 Å². The minimum Gasteiger partial charge on any atom is -0.356 e. The fourth-order valence-corrected chi connectivity index (χ4v) is 4.13. The van der Waals surface area contributed by atoms with Gasteiger partial charge in [-0.1, -0.05) is 17.3 Å². The van der Waals surface area contributed by atoms with Crippen LogP contribution < -0.4 is 4.90 Å². The Kier molecular flexibility index (Phi) is 5.64. The Morgan fingerprint density at radius 1 is 0.903 bits per heavy atom. The highest BCUT2D eigenvalue weighted by atomic mass is 16.5. The standard InChI is InChI=1S/C24H24N6O/c1-2-14-30(15-3-1)23-19(6-5-11-27-23)16-21(20-7-4-10-26-17-20)22-28-24(31-29-22)18-8-12-25-13-9-18/h4-13,17,21H,1-3,14-16H2. The molecule has 156 valence electrons. The van der Waals surface area contributed by atoms with Crippen molar-refractivity contribution in [1.29, 1.82) is 0 Å². The van der Waals surface area contributed by atoms with E-state index >= 15 is 0 Å². The molecule has 1 atom stereocenters. The predicted molar refractivity (Wildman–Crippen MR) is 118 cm³/mol. The summed E-state index contributed by atoms with van der Waals surface area (Å²) < 4.78 is 5.60. The second-order valence-corrected chi connectivity index (χ2v) is 7.77. The van der Waals surface area contributed by atoms with Crippen LogP contribution in [0.15, 0.2) is 71.9 Å².